The maximum absolute atomic E-state index is 12.4. The molecule has 22 heavy (non-hydrogen) atoms. The predicted octanol–water partition coefficient (Wildman–Crippen LogP) is 1.88. The second kappa shape index (κ2) is 6.52. The van der Waals surface area contributed by atoms with Gasteiger partial charge in [0.05, 0.1) is 29.9 Å². The highest BCUT2D eigenvalue weighted by molar-refractivity contribution is 7.09. The van der Waals surface area contributed by atoms with Gasteiger partial charge in [-0.05, 0) is 19.8 Å². The van der Waals surface area contributed by atoms with Crippen LogP contribution in [-0.2, 0) is 16.1 Å². The Morgan fingerprint density at radius 3 is 3.09 bits per heavy atom. The molecule has 0 saturated carbocycles. The molecule has 0 radical (unpaired) electrons. The summed E-state index contributed by atoms with van der Waals surface area (Å²) in [6, 6.07) is 0.168. The molecule has 122 valence electrons. The van der Waals surface area contributed by atoms with Gasteiger partial charge < -0.3 is 19.3 Å². The maximum Gasteiger partial charge on any atom is 0.319 e. The van der Waals surface area contributed by atoms with Crippen molar-refractivity contribution in [3.05, 3.63) is 16.1 Å². The van der Waals surface area contributed by atoms with Crippen molar-refractivity contribution in [2.45, 2.75) is 44.6 Å². The predicted molar refractivity (Wildman–Crippen MR) is 84.0 cm³/mol. The molecular formula is C15H23N3O3S. The molecule has 2 aliphatic rings. The molecule has 2 saturated heterocycles. The molecular weight excluding hydrogens is 302 g/mol. The van der Waals surface area contributed by atoms with Crippen molar-refractivity contribution in [2.75, 3.05) is 27.2 Å². The summed E-state index contributed by atoms with van der Waals surface area (Å²) in [6.07, 6.45) is 1.89. The van der Waals surface area contributed by atoms with Crippen LogP contribution >= 0.6 is 11.3 Å². The number of amides is 2. The molecule has 2 amide bonds. The van der Waals surface area contributed by atoms with Crippen molar-refractivity contribution in [3.8, 4) is 0 Å². The lowest BCUT2D eigenvalue weighted by Crippen LogP contribution is -2.47. The van der Waals surface area contributed by atoms with E-state index in [0.717, 1.165) is 30.2 Å². The molecule has 0 aliphatic carbocycles. The molecule has 0 spiro atoms. The van der Waals surface area contributed by atoms with Crippen LogP contribution in [0.3, 0.4) is 0 Å². The van der Waals surface area contributed by atoms with Crippen LogP contribution in [0.25, 0.3) is 0 Å². The topological polar surface area (TPSA) is 54.9 Å². The van der Waals surface area contributed by atoms with E-state index in [4.69, 9.17) is 9.47 Å². The highest BCUT2D eigenvalue weighted by Crippen LogP contribution is 2.31. The maximum atomic E-state index is 12.4. The zero-order valence-corrected chi connectivity index (χ0v) is 14.1. The van der Waals surface area contributed by atoms with E-state index < -0.39 is 0 Å². The van der Waals surface area contributed by atoms with E-state index in [0.29, 0.717) is 13.2 Å². The third-order valence-electron chi connectivity index (χ3n) is 4.22. The minimum atomic E-state index is -0.0730. The summed E-state index contributed by atoms with van der Waals surface area (Å²) in [6.45, 7) is 3.81. The van der Waals surface area contributed by atoms with Crippen LogP contribution in [-0.4, -0.2) is 66.3 Å². The number of rotatable bonds is 3. The van der Waals surface area contributed by atoms with E-state index in [1.807, 2.05) is 17.2 Å². The molecule has 7 heteroatoms. The normalized spacial score (nSPS) is 27.8. The number of ether oxygens (including phenoxy) is 2. The molecule has 0 N–H and O–H groups in total. The summed E-state index contributed by atoms with van der Waals surface area (Å²) in [5.41, 5.74) is 0.951. The Morgan fingerprint density at radius 1 is 1.59 bits per heavy atom. The van der Waals surface area contributed by atoms with Crippen molar-refractivity contribution in [3.63, 3.8) is 0 Å². The van der Waals surface area contributed by atoms with Crippen LogP contribution in [0, 0.1) is 6.92 Å². The lowest BCUT2D eigenvalue weighted by molar-refractivity contribution is -0.0813. The van der Waals surface area contributed by atoms with E-state index in [-0.39, 0.29) is 24.3 Å². The highest BCUT2D eigenvalue weighted by atomic mass is 32.1. The molecule has 1 aromatic heterocycles. The number of urea groups is 1. The second-order valence-corrected chi connectivity index (χ2v) is 7.14. The molecule has 6 nitrogen and oxygen atoms in total. The van der Waals surface area contributed by atoms with E-state index in [1.54, 1.807) is 30.3 Å². The van der Waals surface area contributed by atoms with Crippen LogP contribution in [0.2, 0.25) is 0 Å². The minimum Gasteiger partial charge on any atom is -0.373 e. The third-order valence-corrected chi connectivity index (χ3v) is 5.04. The van der Waals surface area contributed by atoms with Gasteiger partial charge >= 0.3 is 6.03 Å². The molecule has 0 unspecified atom stereocenters. The monoisotopic (exact) mass is 325 g/mol. The highest BCUT2D eigenvalue weighted by Gasteiger charge is 2.47. The van der Waals surface area contributed by atoms with Crippen LogP contribution < -0.4 is 0 Å². The van der Waals surface area contributed by atoms with Gasteiger partial charge in [0.2, 0.25) is 0 Å². The van der Waals surface area contributed by atoms with Gasteiger partial charge in [-0.3, -0.25) is 0 Å². The fraction of sp³-hybridized carbons (Fsp3) is 0.733. The summed E-state index contributed by atoms with van der Waals surface area (Å²) in [7, 11) is 3.57. The zero-order chi connectivity index (χ0) is 15.7. The van der Waals surface area contributed by atoms with Crippen molar-refractivity contribution in [1.82, 2.24) is 14.8 Å². The van der Waals surface area contributed by atoms with Crippen LogP contribution in [0.15, 0.2) is 5.38 Å². The Bertz CT molecular complexity index is 534. The molecule has 3 rings (SSSR count). The van der Waals surface area contributed by atoms with Gasteiger partial charge in [0.1, 0.15) is 12.2 Å². The number of carbonyl (C=O) groups excluding carboxylic acids is 1. The van der Waals surface area contributed by atoms with Crippen molar-refractivity contribution in [1.29, 1.82) is 0 Å². The van der Waals surface area contributed by atoms with Crippen LogP contribution in [0.1, 0.15) is 23.5 Å². The average molecular weight is 325 g/mol. The number of carbonyl (C=O) groups is 1. The van der Waals surface area contributed by atoms with Gasteiger partial charge in [0.15, 0.2) is 0 Å². The quantitative estimate of drug-likeness (QED) is 0.851. The van der Waals surface area contributed by atoms with E-state index in [9.17, 15) is 4.79 Å². The van der Waals surface area contributed by atoms with Gasteiger partial charge in [-0.15, -0.1) is 11.3 Å². The zero-order valence-electron chi connectivity index (χ0n) is 13.3. The van der Waals surface area contributed by atoms with Gasteiger partial charge in [-0.1, -0.05) is 0 Å². The molecule has 3 heterocycles. The Hall–Kier alpha value is -1.18. The molecule has 0 bridgehead atoms. The lowest BCUT2D eigenvalue weighted by atomic mass is 10.0. The van der Waals surface area contributed by atoms with Gasteiger partial charge in [0, 0.05) is 26.1 Å². The van der Waals surface area contributed by atoms with E-state index in [1.165, 1.54) is 0 Å². The molecule has 0 aromatic carbocycles. The SMILES string of the molecule is Cc1nc(CO[C@@H]2CN(C(=O)N(C)C)[C@@H]3CCCO[C@@H]32)cs1. The fourth-order valence-electron chi connectivity index (χ4n) is 3.20. The van der Waals surface area contributed by atoms with Crippen molar-refractivity contribution >= 4 is 17.4 Å². The largest absolute Gasteiger partial charge is 0.373 e. The minimum absolute atomic E-state index is 0.0163. The number of nitrogens with zero attached hydrogens (tertiary/aromatic N) is 3. The average Bonchev–Trinajstić information content (AvgIpc) is 3.08. The molecule has 1 aromatic rings. The molecule has 2 fully saturated rings. The smallest absolute Gasteiger partial charge is 0.319 e. The van der Waals surface area contributed by atoms with Crippen molar-refractivity contribution < 1.29 is 14.3 Å². The summed E-state index contributed by atoms with van der Waals surface area (Å²) >= 11 is 1.63. The number of aryl methyl sites for hydroxylation is 1. The van der Waals surface area contributed by atoms with Crippen molar-refractivity contribution in [2.24, 2.45) is 0 Å². The summed E-state index contributed by atoms with van der Waals surface area (Å²) in [5, 5.41) is 3.06. The lowest BCUT2D eigenvalue weighted by Gasteiger charge is -2.33. The van der Waals surface area contributed by atoms with Gasteiger partial charge in [-0.25, -0.2) is 9.78 Å². The number of likely N-dealkylation sites (tertiary alicyclic amines) is 1. The Kier molecular flexibility index (Phi) is 4.65. The molecule has 2 aliphatic heterocycles. The first kappa shape index (κ1) is 15.7. The number of hydrogen-bond donors (Lipinski definition) is 0. The summed E-state index contributed by atoms with van der Waals surface area (Å²) in [5.74, 6) is 0. The van der Waals surface area contributed by atoms with Gasteiger partial charge in [-0.2, -0.15) is 0 Å². The van der Waals surface area contributed by atoms with Crippen LogP contribution in [0.4, 0.5) is 4.79 Å². The second-order valence-electron chi connectivity index (χ2n) is 6.08. The van der Waals surface area contributed by atoms with Crippen LogP contribution in [0.5, 0.6) is 0 Å². The standard InChI is InChI=1S/C15H23N3O3S/c1-10-16-11(9-22-10)8-21-13-7-18(15(19)17(2)3)12-5-4-6-20-14(12)13/h9,12-14H,4-8H2,1-3H3/t12-,13-,14+/m1/s1. The fourth-order valence-corrected chi connectivity index (χ4v) is 3.80. The first-order valence-corrected chi connectivity index (χ1v) is 8.56. The third kappa shape index (κ3) is 3.11. The Labute approximate surface area is 135 Å². The number of thiazole rings is 1. The first-order chi connectivity index (χ1) is 10.6. The van der Waals surface area contributed by atoms with E-state index >= 15 is 0 Å². The van der Waals surface area contributed by atoms with E-state index in [2.05, 4.69) is 4.98 Å². The first-order valence-electron chi connectivity index (χ1n) is 7.68. The summed E-state index contributed by atoms with van der Waals surface area (Å²) < 4.78 is 12.0. The number of fused-ring (bicyclic) bond motifs is 1. The number of aromatic nitrogens is 1. The van der Waals surface area contributed by atoms with Gasteiger partial charge in [0.25, 0.3) is 0 Å². The number of hydrogen-bond acceptors (Lipinski definition) is 5. The summed E-state index contributed by atoms with van der Waals surface area (Å²) in [4.78, 5) is 20.3. The molecule has 3 atom stereocenters. The Morgan fingerprint density at radius 2 is 2.41 bits per heavy atom. The Balaban J connectivity index is 1.67.